The number of aromatic nitrogens is 2. The smallest absolute Gasteiger partial charge is 0.242 e. The highest BCUT2D eigenvalue weighted by Crippen LogP contribution is 2.28. The summed E-state index contributed by atoms with van der Waals surface area (Å²) in [7, 11) is 0. The zero-order valence-electron chi connectivity index (χ0n) is 13.5. The first kappa shape index (κ1) is 16.5. The molecule has 0 aromatic carbocycles. The Labute approximate surface area is 122 Å². The number of rotatable bonds is 7. The molecule has 0 aliphatic rings. The summed E-state index contributed by atoms with van der Waals surface area (Å²) in [5.74, 6) is 3.10. The van der Waals surface area contributed by atoms with Gasteiger partial charge >= 0.3 is 0 Å². The molecule has 3 N–H and O–H groups in total. The van der Waals surface area contributed by atoms with Crippen LogP contribution in [0.5, 0.6) is 5.88 Å². The second-order valence-corrected chi connectivity index (χ2v) is 6.28. The number of hydrogen-bond donors (Lipinski definition) is 2. The van der Waals surface area contributed by atoms with Gasteiger partial charge in [-0.2, -0.15) is 4.98 Å². The van der Waals surface area contributed by atoms with Crippen LogP contribution >= 0.6 is 0 Å². The molecule has 1 aromatic rings. The van der Waals surface area contributed by atoms with Crippen LogP contribution in [0.1, 0.15) is 53.3 Å². The molecule has 0 saturated carbocycles. The molecule has 0 unspecified atom stereocenters. The largest absolute Gasteiger partial charge is 0.476 e. The maximum atomic E-state index is 6.11. The van der Waals surface area contributed by atoms with Gasteiger partial charge in [0.2, 0.25) is 5.88 Å². The van der Waals surface area contributed by atoms with Crippen LogP contribution in [-0.2, 0) is 0 Å². The van der Waals surface area contributed by atoms with Crippen molar-refractivity contribution < 1.29 is 4.74 Å². The summed E-state index contributed by atoms with van der Waals surface area (Å²) in [5.41, 5.74) is 6.61. The Morgan fingerprint density at radius 2 is 1.70 bits per heavy atom. The number of anilines is 2. The zero-order chi connectivity index (χ0) is 15.3. The first-order valence-electron chi connectivity index (χ1n) is 7.35. The summed E-state index contributed by atoms with van der Waals surface area (Å²) in [6, 6.07) is 0. The molecule has 1 heterocycles. The highest BCUT2D eigenvalue weighted by Gasteiger charge is 2.15. The van der Waals surface area contributed by atoms with Crippen molar-refractivity contribution in [3.05, 3.63) is 5.82 Å². The minimum absolute atomic E-state index is 0.233. The number of nitrogens with zero attached hydrogens (tertiary/aromatic N) is 2. The van der Waals surface area contributed by atoms with Crippen molar-refractivity contribution in [1.29, 1.82) is 0 Å². The van der Waals surface area contributed by atoms with Crippen molar-refractivity contribution in [3.63, 3.8) is 0 Å². The average Bonchev–Trinajstić information content (AvgIpc) is 2.35. The van der Waals surface area contributed by atoms with E-state index in [1.54, 1.807) is 0 Å². The van der Waals surface area contributed by atoms with Gasteiger partial charge in [-0.25, -0.2) is 4.98 Å². The number of ether oxygens (including phenoxy) is 1. The van der Waals surface area contributed by atoms with Crippen molar-refractivity contribution >= 4 is 11.5 Å². The van der Waals surface area contributed by atoms with Crippen LogP contribution < -0.4 is 15.8 Å². The summed E-state index contributed by atoms with van der Waals surface area (Å²) in [6.07, 6.45) is 0. The van der Waals surface area contributed by atoms with Gasteiger partial charge in [0.05, 0.1) is 6.61 Å². The van der Waals surface area contributed by atoms with Gasteiger partial charge in [-0.15, -0.1) is 0 Å². The van der Waals surface area contributed by atoms with Crippen LogP contribution in [0.15, 0.2) is 0 Å². The first-order chi connectivity index (χ1) is 9.31. The topological polar surface area (TPSA) is 73.1 Å². The molecule has 20 heavy (non-hydrogen) atoms. The lowest BCUT2D eigenvalue weighted by Gasteiger charge is -2.17. The molecule has 1 rings (SSSR count). The maximum Gasteiger partial charge on any atom is 0.242 e. The molecule has 0 amide bonds. The quantitative estimate of drug-likeness (QED) is 0.802. The average molecular weight is 280 g/mol. The van der Waals surface area contributed by atoms with Crippen molar-refractivity contribution in [2.24, 2.45) is 11.8 Å². The zero-order valence-corrected chi connectivity index (χ0v) is 13.5. The van der Waals surface area contributed by atoms with Gasteiger partial charge in [0.1, 0.15) is 11.5 Å². The van der Waals surface area contributed by atoms with E-state index < -0.39 is 0 Å². The van der Waals surface area contributed by atoms with E-state index in [0.717, 1.165) is 12.4 Å². The van der Waals surface area contributed by atoms with Crippen molar-refractivity contribution in [2.45, 2.75) is 47.5 Å². The van der Waals surface area contributed by atoms with Crippen LogP contribution in [0.4, 0.5) is 11.5 Å². The third-order valence-corrected chi connectivity index (χ3v) is 2.68. The Balaban J connectivity index is 3.02. The van der Waals surface area contributed by atoms with Gasteiger partial charge in [-0.3, -0.25) is 0 Å². The second kappa shape index (κ2) is 7.31. The van der Waals surface area contributed by atoms with E-state index >= 15 is 0 Å². The Morgan fingerprint density at radius 1 is 1.05 bits per heavy atom. The van der Waals surface area contributed by atoms with Gasteiger partial charge in [0.15, 0.2) is 5.82 Å². The van der Waals surface area contributed by atoms with Crippen molar-refractivity contribution in [3.8, 4) is 5.88 Å². The number of hydrogen-bond acceptors (Lipinski definition) is 5. The Kier molecular flexibility index (Phi) is 6.05. The minimum Gasteiger partial charge on any atom is -0.476 e. The van der Waals surface area contributed by atoms with Gasteiger partial charge < -0.3 is 15.8 Å². The summed E-state index contributed by atoms with van der Waals surface area (Å²) < 4.78 is 5.72. The molecular formula is C15H28N4O. The molecule has 1 aromatic heterocycles. The number of nitrogens with two attached hydrogens (primary N) is 1. The van der Waals surface area contributed by atoms with E-state index in [1.165, 1.54) is 0 Å². The molecule has 114 valence electrons. The van der Waals surface area contributed by atoms with Crippen LogP contribution in [0.2, 0.25) is 0 Å². The molecule has 0 atom stereocenters. The normalized spacial score (nSPS) is 11.4. The minimum atomic E-state index is 0.233. The SMILES string of the molecule is CC(C)CNc1nc(C(C)C)nc(OCC(C)C)c1N. The third kappa shape index (κ3) is 4.87. The lowest BCUT2D eigenvalue weighted by Crippen LogP contribution is -2.15. The molecule has 0 spiro atoms. The lowest BCUT2D eigenvalue weighted by molar-refractivity contribution is 0.261. The van der Waals surface area contributed by atoms with Crippen LogP contribution in [0, 0.1) is 11.8 Å². The highest BCUT2D eigenvalue weighted by molar-refractivity contribution is 5.67. The van der Waals surface area contributed by atoms with E-state index in [4.69, 9.17) is 10.5 Å². The standard InChI is InChI=1S/C15H28N4O/c1-9(2)7-17-14-12(16)15(20-8-10(3)4)19-13(18-14)11(5)6/h9-11H,7-8,16H2,1-6H3,(H,17,18,19). The molecule has 0 radical (unpaired) electrons. The fourth-order valence-electron chi connectivity index (χ4n) is 1.51. The summed E-state index contributed by atoms with van der Waals surface area (Å²) >= 11 is 0. The predicted molar refractivity (Wildman–Crippen MR) is 84.2 cm³/mol. The van der Waals surface area contributed by atoms with Crippen molar-refractivity contribution in [1.82, 2.24) is 9.97 Å². The Hall–Kier alpha value is -1.52. The molecule has 0 aliphatic carbocycles. The number of nitrogens with one attached hydrogen (secondary N) is 1. The van der Waals surface area contributed by atoms with Gasteiger partial charge in [0, 0.05) is 12.5 Å². The molecule has 5 nitrogen and oxygen atoms in total. The molecule has 5 heteroatoms. The summed E-state index contributed by atoms with van der Waals surface area (Å²) in [6.45, 7) is 14.0. The van der Waals surface area contributed by atoms with Crippen LogP contribution in [-0.4, -0.2) is 23.1 Å². The van der Waals surface area contributed by atoms with Gasteiger partial charge in [0.25, 0.3) is 0 Å². The van der Waals surface area contributed by atoms with E-state index in [2.05, 4.69) is 56.8 Å². The third-order valence-electron chi connectivity index (χ3n) is 2.68. The fourth-order valence-corrected chi connectivity index (χ4v) is 1.51. The summed E-state index contributed by atoms with van der Waals surface area (Å²) in [5, 5.41) is 3.28. The molecule has 0 aliphatic heterocycles. The molecule has 0 saturated heterocycles. The molecular weight excluding hydrogens is 252 g/mol. The summed E-state index contributed by atoms with van der Waals surface area (Å²) in [4.78, 5) is 8.94. The van der Waals surface area contributed by atoms with Gasteiger partial charge in [-0.05, 0) is 11.8 Å². The molecule has 0 bridgehead atoms. The second-order valence-electron chi connectivity index (χ2n) is 6.28. The van der Waals surface area contributed by atoms with Crippen LogP contribution in [0.25, 0.3) is 0 Å². The Morgan fingerprint density at radius 3 is 2.20 bits per heavy atom. The van der Waals surface area contributed by atoms with Crippen molar-refractivity contribution in [2.75, 3.05) is 24.2 Å². The van der Waals surface area contributed by atoms with Crippen LogP contribution in [0.3, 0.4) is 0 Å². The maximum absolute atomic E-state index is 6.11. The van der Waals surface area contributed by atoms with E-state index in [0.29, 0.717) is 35.8 Å². The Bertz CT molecular complexity index is 397. The monoisotopic (exact) mass is 280 g/mol. The fraction of sp³-hybridized carbons (Fsp3) is 0.733. The van der Waals surface area contributed by atoms with E-state index in [9.17, 15) is 0 Å². The number of nitrogen functional groups attached to an aromatic ring is 1. The predicted octanol–water partition coefficient (Wildman–Crippen LogP) is 3.28. The lowest BCUT2D eigenvalue weighted by atomic mass is 10.2. The van der Waals surface area contributed by atoms with E-state index in [1.807, 2.05) is 0 Å². The first-order valence-corrected chi connectivity index (χ1v) is 7.35. The highest BCUT2D eigenvalue weighted by atomic mass is 16.5. The van der Waals surface area contributed by atoms with Gasteiger partial charge in [-0.1, -0.05) is 41.5 Å². The van der Waals surface area contributed by atoms with E-state index in [-0.39, 0.29) is 5.92 Å². The molecule has 0 fully saturated rings.